The zero-order valence-corrected chi connectivity index (χ0v) is 13.5. The number of carbonyl (C=O) groups is 1. The molecular weight excluding hydrogens is 294 g/mol. The van der Waals surface area contributed by atoms with Crippen molar-refractivity contribution in [3.8, 4) is 0 Å². The zero-order chi connectivity index (χ0) is 16.9. The monoisotopic (exact) mass is 315 g/mol. The van der Waals surface area contributed by atoms with Gasteiger partial charge in [-0.15, -0.1) is 0 Å². The molecule has 1 aromatic heterocycles. The van der Waals surface area contributed by atoms with Crippen molar-refractivity contribution < 1.29 is 14.6 Å². The number of anilines is 1. The largest absolute Gasteiger partial charge is 0.462 e. The summed E-state index contributed by atoms with van der Waals surface area (Å²) < 4.78 is 5.00. The van der Waals surface area contributed by atoms with Gasteiger partial charge in [-0.3, -0.25) is 0 Å². The van der Waals surface area contributed by atoms with Crippen molar-refractivity contribution in [3.63, 3.8) is 0 Å². The van der Waals surface area contributed by atoms with Gasteiger partial charge in [0, 0.05) is 12.7 Å². The van der Waals surface area contributed by atoms with Crippen molar-refractivity contribution in [2.75, 3.05) is 11.9 Å². The van der Waals surface area contributed by atoms with Crippen LogP contribution in [0.15, 0.2) is 36.8 Å². The number of benzene rings is 1. The summed E-state index contributed by atoms with van der Waals surface area (Å²) >= 11 is 0. The quantitative estimate of drug-likeness (QED) is 0.797. The molecule has 0 radical (unpaired) electrons. The molecule has 0 aliphatic heterocycles. The van der Waals surface area contributed by atoms with Crippen molar-refractivity contribution in [1.82, 2.24) is 9.97 Å². The summed E-state index contributed by atoms with van der Waals surface area (Å²) in [5, 5.41) is 13.4. The molecule has 1 aromatic carbocycles. The summed E-state index contributed by atoms with van der Waals surface area (Å²) in [5.41, 5.74) is 1.08. The Balaban J connectivity index is 2.21. The molecule has 0 amide bonds. The molecule has 0 bridgehead atoms. The lowest BCUT2D eigenvalue weighted by molar-refractivity contribution is 0.0526. The lowest BCUT2D eigenvalue weighted by Crippen LogP contribution is -2.19. The third-order valence-corrected chi connectivity index (χ3v) is 3.33. The maximum atomic E-state index is 11.9. The first-order chi connectivity index (χ1) is 10.9. The van der Waals surface area contributed by atoms with Crippen LogP contribution in [0.4, 0.5) is 5.82 Å². The van der Waals surface area contributed by atoms with E-state index in [9.17, 15) is 9.90 Å². The van der Waals surface area contributed by atoms with Gasteiger partial charge in [0.15, 0.2) is 0 Å². The van der Waals surface area contributed by atoms with E-state index in [0.717, 1.165) is 11.1 Å². The maximum absolute atomic E-state index is 11.9. The highest BCUT2D eigenvalue weighted by Crippen LogP contribution is 2.24. The first kappa shape index (κ1) is 16.9. The normalized spacial score (nSPS) is 11.1. The Morgan fingerprint density at radius 3 is 2.78 bits per heavy atom. The Bertz CT molecular complexity index is 681. The van der Waals surface area contributed by atoms with E-state index in [-0.39, 0.29) is 12.2 Å². The highest BCUT2D eigenvalue weighted by Gasteiger charge is 2.20. The van der Waals surface area contributed by atoms with E-state index in [1.807, 2.05) is 24.3 Å². The second-order valence-corrected chi connectivity index (χ2v) is 5.58. The van der Waals surface area contributed by atoms with Crippen LogP contribution in [0.1, 0.15) is 42.3 Å². The van der Waals surface area contributed by atoms with Crippen LogP contribution in [0, 0.1) is 0 Å². The summed E-state index contributed by atoms with van der Waals surface area (Å²) in [4.78, 5) is 19.9. The van der Waals surface area contributed by atoms with Crippen LogP contribution in [0.5, 0.6) is 0 Å². The van der Waals surface area contributed by atoms with E-state index >= 15 is 0 Å². The van der Waals surface area contributed by atoms with Crippen molar-refractivity contribution in [2.24, 2.45) is 0 Å². The van der Waals surface area contributed by atoms with Gasteiger partial charge in [-0.1, -0.05) is 24.3 Å². The van der Waals surface area contributed by atoms with Gasteiger partial charge >= 0.3 is 5.97 Å². The van der Waals surface area contributed by atoms with E-state index in [4.69, 9.17) is 4.74 Å². The molecule has 23 heavy (non-hydrogen) atoms. The van der Waals surface area contributed by atoms with E-state index in [1.54, 1.807) is 20.8 Å². The van der Waals surface area contributed by atoms with E-state index in [2.05, 4.69) is 15.3 Å². The number of esters is 1. The SMILES string of the molecule is CCOC(=O)c1cncnc1NCc1ccccc1C(C)(C)O. The molecule has 2 rings (SSSR count). The maximum Gasteiger partial charge on any atom is 0.343 e. The van der Waals surface area contributed by atoms with Gasteiger partial charge in [-0.2, -0.15) is 0 Å². The van der Waals surface area contributed by atoms with Crippen LogP contribution >= 0.6 is 0 Å². The lowest BCUT2D eigenvalue weighted by Gasteiger charge is -2.22. The van der Waals surface area contributed by atoms with Crippen LogP contribution in [0.2, 0.25) is 0 Å². The number of nitrogens with one attached hydrogen (secondary N) is 1. The Hall–Kier alpha value is -2.47. The van der Waals surface area contributed by atoms with Crippen LogP contribution < -0.4 is 5.32 Å². The highest BCUT2D eigenvalue weighted by molar-refractivity contribution is 5.94. The zero-order valence-electron chi connectivity index (χ0n) is 13.5. The molecule has 0 spiro atoms. The number of carbonyl (C=O) groups excluding carboxylic acids is 1. The second-order valence-electron chi connectivity index (χ2n) is 5.58. The first-order valence-electron chi connectivity index (χ1n) is 7.45. The fourth-order valence-corrected chi connectivity index (χ4v) is 2.28. The topological polar surface area (TPSA) is 84.3 Å². The standard InChI is InChI=1S/C17H21N3O3/c1-4-23-16(21)13-10-18-11-20-15(13)19-9-12-7-5-6-8-14(12)17(2,3)22/h5-8,10-11,22H,4,9H2,1-3H3,(H,18,19,20). The Morgan fingerprint density at radius 1 is 1.35 bits per heavy atom. The third kappa shape index (κ3) is 4.26. The fraction of sp³-hybridized carbons (Fsp3) is 0.353. The highest BCUT2D eigenvalue weighted by atomic mass is 16.5. The predicted molar refractivity (Wildman–Crippen MR) is 87.0 cm³/mol. The fourth-order valence-electron chi connectivity index (χ4n) is 2.28. The van der Waals surface area contributed by atoms with Crippen LogP contribution in [0.25, 0.3) is 0 Å². The smallest absolute Gasteiger partial charge is 0.343 e. The molecule has 0 saturated heterocycles. The number of rotatable bonds is 6. The second kappa shape index (κ2) is 7.19. The summed E-state index contributed by atoms with van der Waals surface area (Å²) in [5.74, 6) is -0.0598. The molecule has 0 saturated carbocycles. The Labute approximate surface area is 135 Å². The van der Waals surface area contributed by atoms with Gasteiger partial charge in [0.25, 0.3) is 0 Å². The van der Waals surface area contributed by atoms with Crippen molar-refractivity contribution in [1.29, 1.82) is 0 Å². The summed E-state index contributed by atoms with van der Waals surface area (Å²) in [6.07, 6.45) is 2.79. The first-order valence-corrected chi connectivity index (χ1v) is 7.45. The van der Waals surface area contributed by atoms with Crippen molar-refractivity contribution in [2.45, 2.75) is 32.9 Å². The minimum absolute atomic E-state index is 0.286. The predicted octanol–water partition coefficient (Wildman–Crippen LogP) is 2.49. The van der Waals surface area contributed by atoms with Gasteiger partial charge in [0.05, 0.1) is 12.2 Å². The minimum atomic E-state index is -0.950. The number of nitrogens with zero attached hydrogens (tertiary/aromatic N) is 2. The summed E-state index contributed by atoms with van der Waals surface area (Å²) in [6, 6.07) is 7.58. The molecule has 2 N–H and O–H groups in total. The molecule has 122 valence electrons. The molecule has 2 aromatic rings. The summed E-state index contributed by atoms with van der Waals surface area (Å²) in [6.45, 7) is 5.92. The van der Waals surface area contributed by atoms with Gasteiger partial charge in [-0.25, -0.2) is 14.8 Å². The molecule has 0 aliphatic rings. The van der Waals surface area contributed by atoms with Crippen LogP contribution in [-0.2, 0) is 16.9 Å². The van der Waals surface area contributed by atoms with E-state index in [0.29, 0.717) is 12.4 Å². The molecule has 0 unspecified atom stereocenters. The molecule has 0 aliphatic carbocycles. The van der Waals surface area contributed by atoms with Gasteiger partial charge in [-0.05, 0) is 31.9 Å². The lowest BCUT2D eigenvalue weighted by atomic mass is 9.93. The number of aliphatic hydroxyl groups is 1. The number of aromatic nitrogens is 2. The molecule has 0 fully saturated rings. The number of hydrogen-bond acceptors (Lipinski definition) is 6. The Morgan fingerprint density at radius 2 is 2.09 bits per heavy atom. The average Bonchev–Trinajstić information content (AvgIpc) is 2.53. The molecule has 0 atom stereocenters. The number of ether oxygens (including phenoxy) is 1. The van der Waals surface area contributed by atoms with E-state index < -0.39 is 11.6 Å². The molecule has 6 heteroatoms. The van der Waals surface area contributed by atoms with Crippen molar-refractivity contribution >= 4 is 11.8 Å². The van der Waals surface area contributed by atoms with Gasteiger partial charge in [0.1, 0.15) is 17.7 Å². The number of hydrogen-bond donors (Lipinski definition) is 2. The minimum Gasteiger partial charge on any atom is -0.462 e. The van der Waals surface area contributed by atoms with Gasteiger partial charge in [0.2, 0.25) is 0 Å². The molecule has 6 nitrogen and oxygen atoms in total. The van der Waals surface area contributed by atoms with Crippen molar-refractivity contribution in [3.05, 3.63) is 53.5 Å². The summed E-state index contributed by atoms with van der Waals surface area (Å²) in [7, 11) is 0. The van der Waals surface area contributed by atoms with Gasteiger partial charge < -0.3 is 15.2 Å². The molecular formula is C17H21N3O3. The van der Waals surface area contributed by atoms with Crippen LogP contribution in [0.3, 0.4) is 0 Å². The van der Waals surface area contributed by atoms with Crippen LogP contribution in [-0.4, -0.2) is 27.7 Å². The average molecular weight is 315 g/mol. The van der Waals surface area contributed by atoms with E-state index in [1.165, 1.54) is 12.5 Å². The third-order valence-electron chi connectivity index (χ3n) is 3.33. The molecule has 1 heterocycles. The Kier molecular flexibility index (Phi) is 5.28.